The molecule has 0 heterocycles. The van der Waals surface area contributed by atoms with Crippen molar-refractivity contribution in [3.8, 4) is 0 Å². The molecule has 0 aliphatic heterocycles. The van der Waals surface area contributed by atoms with E-state index in [9.17, 15) is 5.11 Å². The SMILES string of the molecule is CCCCCCCC(CO)CCCCCCCCO. The molecule has 0 amide bonds. The quantitative estimate of drug-likeness (QED) is 0.425. The third-order valence-corrected chi connectivity index (χ3v) is 3.99. The second-order valence-corrected chi connectivity index (χ2v) is 5.89. The minimum Gasteiger partial charge on any atom is -0.396 e. The van der Waals surface area contributed by atoms with Crippen LogP contribution < -0.4 is 0 Å². The van der Waals surface area contributed by atoms with Crippen molar-refractivity contribution in [3.05, 3.63) is 0 Å². The van der Waals surface area contributed by atoms with Gasteiger partial charge in [0.15, 0.2) is 0 Å². The zero-order chi connectivity index (χ0) is 14.2. The Hall–Kier alpha value is -0.0800. The van der Waals surface area contributed by atoms with Gasteiger partial charge in [-0.3, -0.25) is 0 Å². The molecular formula is C17H36O2. The molecule has 0 saturated carbocycles. The second-order valence-electron chi connectivity index (χ2n) is 5.89. The molecule has 0 aliphatic carbocycles. The number of rotatable bonds is 15. The summed E-state index contributed by atoms with van der Waals surface area (Å²) in [4.78, 5) is 0. The van der Waals surface area contributed by atoms with Crippen molar-refractivity contribution in [2.45, 2.75) is 90.4 Å². The van der Waals surface area contributed by atoms with Gasteiger partial charge >= 0.3 is 0 Å². The first kappa shape index (κ1) is 18.9. The molecule has 1 unspecified atom stereocenters. The van der Waals surface area contributed by atoms with Gasteiger partial charge in [0.25, 0.3) is 0 Å². The van der Waals surface area contributed by atoms with Crippen LogP contribution in [-0.2, 0) is 0 Å². The topological polar surface area (TPSA) is 40.5 Å². The van der Waals surface area contributed by atoms with E-state index in [2.05, 4.69) is 6.92 Å². The zero-order valence-electron chi connectivity index (χ0n) is 13.1. The third-order valence-electron chi connectivity index (χ3n) is 3.99. The van der Waals surface area contributed by atoms with Gasteiger partial charge in [0.2, 0.25) is 0 Å². The fraction of sp³-hybridized carbons (Fsp3) is 1.00. The molecule has 0 fully saturated rings. The van der Waals surface area contributed by atoms with Crippen LogP contribution in [0.3, 0.4) is 0 Å². The van der Waals surface area contributed by atoms with Crippen molar-refractivity contribution < 1.29 is 10.2 Å². The Kier molecular flexibility index (Phi) is 15.9. The summed E-state index contributed by atoms with van der Waals surface area (Å²) in [5, 5.41) is 18.1. The van der Waals surface area contributed by atoms with E-state index >= 15 is 0 Å². The molecule has 0 spiro atoms. The predicted octanol–water partition coefficient (Wildman–Crippen LogP) is 4.68. The van der Waals surface area contributed by atoms with Gasteiger partial charge in [0.05, 0.1) is 0 Å². The van der Waals surface area contributed by atoms with Gasteiger partial charge < -0.3 is 10.2 Å². The summed E-state index contributed by atoms with van der Waals surface area (Å²) in [6, 6.07) is 0. The standard InChI is InChI=1S/C17H36O2/c1-2-3-4-7-10-13-17(16-19)14-11-8-5-6-9-12-15-18/h17-19H,2-16H2,1H3. The van der Waals surface area contributed by atoms with Crippen LogP contribution in [0.15, 0.2) is 0 Å². The number of unbranched alkanes of at least 4 members (excludes halogenated alkanes) is 9. The summed E-state index contributed by atoms with van der Waals surface area (Å²) in [6.07, 6.45) is 16.3. The highest BCUT2D eigenvalue weighted by Crippen LogP contribution is 2.18. The largest absolute Gasteiger partial charge is 0.396 e. The van der Waals surface area contributed by atoms with Crippen LogP contribution in [0, 0.1) is 5.92 Å². The lowest BCUT2D eigenvalue weighted by molar-refractivity contribution is 0.204. The number of hydrogen-bond donors (Lipinski definition) is 2. The molecule has 0 bridgehead atoms. The minimum absolute atomic E-state index is 0.338. The maximum atomic E-state index is 9.37. The van der Waals surface area contributed by atoms with E-state index in [1.54, 1.807) is 0 Å². The van der Waals surface area contributed by atoms with Crippen molar-refractivity contribution >= 4 is 0 Å². The number of aliphatic hydroxyl groups excluding tert-OH is 2. The molecule has 0 aromatic rings. The molecular weight excluding hydrogens is 236 g/mol. The molecule has 0 saturated heterocycles. The minimum atomic E-state index is 0.338. The molecule has 116 valence electrons. The Morgan fingerprint density at radius 3 is 1.58 bits per heavy atom. The summed E-state index contributed by atoms with van der Waals surface area (Å²) in [6.45, 7) is 2.96. The first-order valence-corrected chi connectivity index (χ1v) is 8.56. The fourth-order valence-electron chi connectivity index (χ4n) is 2.62. The maximum absolute atomic E-state index is 9.37. The summed E-state index contributed by atoms with van der Waals surface area (Å²) in [7, 11) is 0. The first-order chi connectivity index (χ1) is 9.35. The van der Waals surface area contributed by atoms with Crippen LogP contribution in [0.1, 0.15) is 90.4 Å². The van der Waals surface area contributed by atoms with Gasteiger partial charge in [-0.1, -0.05) is 71.1 Å². The Morgan fingerprint density at radius 1 is 0.632 bits per heavy atom. The normalized spacial score (nSPS) is 12.8. The third kappa shape index (κ3) is 14.1. The average Bonchev–Trinajstić information content (AvgIpc) is 2.44. The lowest BCUT2D eigenvalue weighted by Crippen LogP contribution is -2.06. The molecule has 2 N–H and O–H groups in total. The van der Waals surface area contributed by atoms with E-state index in [-0.39, 0.29) is 0 Å². The second kappa shape index (κ2) is 16.0. The molecule has 2 nitrogen and oxygen atoms in total. The predicted molar refractivity (Wildman–Crippen MR) is 83.4 cm³/mol. The van der Waals surface area contributed by atoms with E-state index in [1.165, 1.54) is 70.6 Å². The van der Waals surface area contributed by atoms with E-state index in [0.717, 1.165) is 12.8 Å². The molecule has 1 atom stereocenters. The molecule has 0 rings (SSSR count). The fourth-order valence-corrected chi connectivity index (χ4v) is 2.62. The molecule has 19 heavy (non-hydrogen) atoms. The highest BCUT2D eigenvalue weighted by atomic mass is 16.3. The van der Waals surface area contributed by atoms with Gasteiger partial charge in [-0.05, 0) is 25.2 Å². The van der Waals surface area contributed by atoms with E-state index in [0.29, 0.717) is 19.1 Å². The summed E-state index contributed by atoms with van der Waals surface area (Å²) in [5.74, 6) is 0.541. The van der Waals surface area contributed by atoms with E-state index in [1.807, 2.05) is 0 Å². The molecule has 2 heteroatoms. The van der Waals surface area contributed by atoms with Crippen molar-refractivity contribution in [2.75, 3.05) is 13.2 Å². The van der Waals surface area contributed by atoms with Crippen LogP contribution in [0.4, 0.5) is 0 Å². The summed E-state index contributed by atoms with van der Waals surface area (Å²) in [5.41, 5.74) is 0. The average molecular weight is 272 g/mol. The summed E-state index contributed by atoms with van der Waals surface area (Å²) >= 11 is 0. The molecule has 0 aromatic carbocycles. The lowest BCUT2D eigenvalue weighted by atomic mass is 9.95. The number of aliphatic hydroxyl groups is 2. The van der Waals surface area contributed by atoms with Gasteiger partial charge in [0, 0.05) is 13.2 Å². The van der Waals surface area contributed by atoms with Gasteiger partial charge in [-0.15, -0.1) is 0 Å². The van der Waals surface area contributed by atoms with Crippen LogP contribution in [0.2, 0.25) is 0 Å². The van der Waals surface area contributed by atoms with Crippen LogP contribution in [0.5, 0.6) is 0 Å². The van der Waals surface area contributed by atoms with Gasteiger partial charge in [-0.25, -0.2) is 0 Å². The van der Waals surface area contributed by atoms with Crippen molar-refractivity contribution in [1.29, 1.82) is 0 Å². The molecule has 0 aliphatic rings. The van der Waals surface area contributed by atoms with Gasteiger partial charge in [-0.2, -0.15) is 0 Å². The van der Waals surface area contributed by atoms with Crippen molar-refractivity contribution in [3.63, 3.8) is 0 Å². The van der Waals surface area contributed by atoms with E-state index in [4.69, 9.17) is 5.11 Å². The first-order valence-electron chi connectivity index (χ1n) is 8.56. The van der Waals surface area contributed by atoms with Crippen molar-refractivity contribution in [1.82, 2.24) is 0 Å². The van der Waals surface area contributed by atoms with Crippen LogP contribution in [0.25, 0.3) is 0 Å². The van der Waals surface area contributed by atoms with E-state index < -0.39 is 0 Å². The van der Waals surface area contributed by atoms with Crippen LogP contribution in [-0.4, -0.2) is 23.4 Å². The highest BCUT2D eigenvalue weighted by Gasteiger charge is 2.06. The monoisotopic (exact) mass is 272 g/mol. The Balaban J connectivity index is 3.29. The van der Waals surface area contributed by atoms with Crippen molar-refractivity contribution in [2.24, 2.45) is 5.92 Å². The molecule has 0 radical (unpaired) electrons. The smallest absolute Gasteiger partial charge is 0.0459 e. The Labute approximate surface area is 120 Å². The lowest BCUT2D eigenvalue weighted by Gasteiger charge is -2.13. The highest BCUT2D eigenvalue weighted by molar-refractivity contribution is 4.59. The van der Waals surface area contributed by atoms with Crippen LogP contribution >= 0.6 is 0 Å². The molecule has 0 aromatic heterocycles. The zero-order valence-corrected chi connectivity index (χ0v) is 13.1. The maximum Gasteiger partial charge on any atom is 0.0459 e. The summed E-state index contributed by atoms with van der Waals surface area (Å²) < 4.78 is 0. The Morgan fingerprint density at radius 2 is 1.11 bits per heavy atom. The Bertz CT molecular complexity index is 159. The van der Waals surface area contributed by atoms with Gasteiger partial charge in [0.1, 0.15) is 0 Å². The number of hydrogen-bond acceptors (Lipinski definition) is 2.